The number of halogens is 2. The van der Waals surface area contributed by atoms with Crippen LogP contribution < -0.4 is 15.5 Å². The van der Waals surface area contributed by atoms with Crippen molar-refractivity contribution >= 4 is 51.7 Å². The van der Waals surface area contributed by atoms with Gasteiger partial charge in [0.1, 0.15) is 5.82 Å². The number of aryl methyl sites for hydroxylation is 1. The number of nitrogens with one attached hydrogen (secondary N) is 2. The number of fused-ring (bicyclic) bond motifs is 2. The molecule has 3 fully saturated rings. The molecule has 3 aliphatic rings. The molecule has 2 aromatic carbocycles. The average molecular weight is 639 g/mol. The maximum Gasteiger partial charge on any atom is 0.253 e. The number of amides is 2. The molecule has 9 heteroatoms. The summed E-state index contributed by atoms with van der Waals surface area (Å²) in [6.45, 7) is 9.27. The number of hydrogen-bond donors (Lipinski definition) is 2. The van der Waals surface area contributed by atoms with E-state index in [2.05, 4.69) is 33.1 Å². The lowest BCUT2D eigenvalue weighted by molar-refractivity contribution is -0.128. The fourth-order valence-electron chi connectivity index (χ4n) is 7.23. The number of imidazole rings is 1. The van der Waals surface area contributed by atoms with Gasteiger partial charge in [0.15, 0.2) is 0 Å². The highest BCUT2D eigenvalue weighted by Gasteiger charge is 2.43. The van der Waals surface area contributed by atoms with Gasteiger partial charge in [-0.15, -0.1) is 0 Å². The van der Waals surface area contributed by atoms with Gasteiger partial charge in [-0.2, -0.15) is 0 Å². The Hall–Kier alpha value is -2.77. The Morgan fingerprint density at radius 2 is 1.80 bits per heavy atom. The van der Waals surface area contributed by atoms with Crippen LogP contribution >= 0.6 is 23.2 Å². The summed E-state index contributed by atoms with van der Waals surface area (Å²) < 4.78 is 2.09. The van der Waals surface area contributed by atoms with Crippen molar-refractivity contribution in [3.63, 3.8) is 0 Å². The van der Waals surface area contributed by atoms with Gasteiger partial charge >= 0.3 is 0 Å². The number of aromatic nitrogens is 2. The lowest BCUT2D eigenvalue weighted by Gasteiger charge is -2.47. The van der Waals surface area contributed by atoms with Crippen LogP contribution in [0.3, 0.4) is 0 Å². The molecule has 3 aromatic rings. The highest BCUT2D eigenvalue weighted by atomic mass is 35.5. The number of benzene rings is 2. The molecule has 44 heavy (non-hydrogen) atoms. The van der Waals surface area contributed by atoms with Crippen LogP contribution in [-0.2, 0) is 24.8 Å². The van der Waals surface area contributed by atoms with Crippen LogP contribution in [0.5, 0.6) is 0 Å². The van der Waals surface area contributed by atoms with E-state index in [0.717, 1.165) is 83.3 Å². The third kappa shape index (κ3) is 6.06. The van der Waals surface area contributed by atoms with Gasteiger partial charge in [0.25, 0.3) is 5.91 Å². The van der Waals surface area contributed by atoms with Crippen molar-refractivity contribution in [2.75, 3.05) is 11.4 Å². The first-order chi connectivity index (χ1) is 20.9. The molecular weight excluding hydrogens is 593 g/mol. The molecule has 2 unspecified atom stereocenters. The predicted octanol–water partition coefficient (Wildman–Crippen LogP) is 7.43. The van der Waals surface area contributed by atoms with Crippen LogP contribution in [0.15, 0.2) is 24.3 Å². The van der Waals surface area contributed by atoms with E-state index in [-0.39, 0.29) is 17.9 Å². The third-order valence-electron chi connectivity index (χ3n) is 10.2. The Morgan fingerprint density at radius 1 is 1.05 bits per heavy atom. The molecule has 0 radical (unpaired) electrons. The molecule has 6 rings (SSSR count). The first-order valence-corrected chi connectivity index (χ1v) is 17.0. The number of carbonyl (C=O) groups is 2. The van der Waals surface area contributed by atoms with Crippen LogP contribution in [0.4, 0.5) is 5.69 Å². The summed E-state index contributed by atoms with van der Waals surface area (Å²) in [7, 11) is 2.01. The van der Waals surface area contributed by atoms with Gasteiger partial charge in [-0.05, 0) is 79.7 Å². The van der Waals surface area contributed by atoms with Crippen molar-refractivity contribution in [1.29, 1.82) is 0 Å². The van der Waals surface area contributed by atoms with Gasteiger partial charge in [0.05, 0.1) is 27.3 Å². The van der Waals surface area contributed by atoms with Crippen LogP contribution in [0, 0.1) is 17.3 Å². The molecular formula is C35H45Cl2N5O2. The minimum Gasteiger partial charge on any atom is -0.367 e. The minimum atomic E-state index is -0.493. The highest BCUT2D eigenvalue weighted by Crippen LogP contribution is 2.44. The minimum absolute atomic E-state index is 0.00574. The maximum atomic E-state index is 13.8. The monoisotopic (exact) mass is 637 g/mol. The lowest BCUT2D eigenvalue weighted by atomic mass is 9.87. The Bertz CT molecular complexity index is 1580. The average Bonchev–Trinajstić information content (AvgIpc) is 3.49. The molecule has 2 atom stereocenters. The predicted molar refractivity (Wildman–Crippen MR) is 179 cm³/mol. The summed E-state index contributed by atoms with van der Waals surface area (Å²) in [4.78, 5) is 33.8. The van der Waals surface area contributed by atoms with E-state index in [1.165, 1.54) is 19.3 Å². The van der Waals surface area contributed by atoms with E-state index in [1.807, 2.05) is 46.0 Å². The lowest BCUT2D eigenvalue weighted by Crippen LogP contribution is -2.54. The molecule has 0 bridgehead atoms. The summed E-state index contributed by atoms with van der Waals surface area (Å²) in [5.41, 5.74) is 4.61. The summed E-state index contributed by atoms with van der Waals surface area (Å²) >= 11 is 13.6. The van der Waals surface area contributed by atoms with E-state index >= 15 is 0 Å². The molecule has 1 aliphatic heterocycles. The Balaban J connectivity index is 1.31. The number of nitrogens with zero attached hydrogens (tertiary/aromatic N) is 3. The van der Waals surface area contributed by atoms with E-state index < -0.39 is 5.41 Å². The second kappa shape index (κ2) is 12.2. The van der Waals surface area contributed by atoms with Crippen molar-refractivity contribution in [2.45, 2.75) is 97.7 Å². The van der Waals surface area contributed by atoms with Gasteiger partial charge in [0.2, 0.25) is 5.91 Å². The topological polar surface area (TPSA) is 79.3 Å². The summed E-state index contributed by atoms with van der Waals surface area (Å²) in [6.07, 6.45) is 8.53. The van der Waals surface area contributed by atoms with Crippen LogP contribution in [-0.4, -0.2) is 40.0 Å². The Kier molecular flexibility index (Phi) is 8.66. The molecule has 2 saturated carbocycles. The molecule has 7 nitrogen and oxygen atoms in total. The SMILES string of the molecule is CC1CCC(NC(=O)c2cc3nc(Cc4c(Cl)ccc(CNC(=O)C(C)(C)C)c4Cl)n(C)c3cc2N2CC3CCCC32)CC1. The van der Waals surface area contributed by atoms with Gasteiger partial charge in [-0.25, -0.2) is 4.98 Å². The van der Waals surface area contributed by atoms with Crippen molar-refractivity contribution in [1.82, 2.24) is 20.2 Å². The number of anilines is 1. The highest BCUT2D eigenvalue weighted by molar-refractivity contribution is 6.36. The molecule has 236 valence electrons. The number of carbonyl (C=O) groups excluding carboxylic acids is 2. The van der Waals surface area contributed by atoms with Crippen LogP contribution in [0.2, 0.25) is 10.0 Å². The second-order valence-corrected chi connectivity index (χ2v) is 15.2. The van der Waals surface area contributed by atoms with Crippen molar-refractivity contribution < 1.29 is 9.59 Å². The van der Waals surface area contributed by atoms with E-state index in [0.29, 0.717) is 29.1 Å². The number of hydrogen-bond acceptors (Lipinski definition) is 4. The molecule has 1 saturated heterocycles. The van der Waals surface area contributed by atoms with Crippen LogP contribution in [0.1, 0.15) is 99.9 Å². The summed E-state index contributed by atoms with van der Waals surface area (Å²) in [6, 6.07) is 8.58. The summed E-state index contributed by atoms with van der Waals surface area (Å²) in [5, 5.41) is 7.45. The van der Waals surface area contributed by atoms with E-state index in [9.17, 15) is 9.59 Å². The van der Waals surface area contributed by atoms with E-state index in [4.69, 9.17) is 28.2 Å². The second-order valence-electron chi connectivity index (χ2n) is 14.4. The zero-order chi connectivity index (χ0) is 31.3. The van der Waals surface area contributed by atoms with Gasteiger partial charge in [0, 0.05) is 49.1 Å². The van der Waals surface area contributed by atoms with Crippen molar-refractivity contribution in [2.24, 2.45) is 24.3 Å². The largest absolute Gasteiger partial charge is 0.367 e. The van der Waals surface area contributed by atoms with Crippen LogP contribution in [0.25, 0.3) is 11.0 Å². The van der Waals surface area contributed by atoms with Crippen molar-refractivity contribution in [3.8, 4) is 0 Å². The van der Waals surface area contributed by atoms with Crippen molar-refractivity contribution in [3.05, 3.63) is 56.8 Å². The third-order valence-corrected chi connectivity index (χ3v) is 11.0. The first-order valence-electron chi connectivity index (χ1n) is 16.2. The normalized spacial score (nSPS) is 23.4. The first kappa shape index (κ1) is 31.2. The maximum absolute atomic E-state index is 13.8. The molecule has 2 aliphatic carbocycles. The van der Waals surface area contributed by atoms with E-state index in [1.54, 1.807) is 0 Å². The summed E-state index contributed by atoms with van der Waals surface area (Å²) in [5.74, 6) is 2.24. The Morgan fingerprint density at radius 3 is 2.50 bits per heavy atom. The smallest absolute Gasteiger partial charge is 0.253 e. The molecule has 1 aromatic heterocycles. The van der Waals surface area contributed by atoms with Gasteiger partial charge < -0.3 is 20.1 Å². The standard InChI is InChI=1S/C35H45Cl2N5O2/c1-20-9-12-23(13-10-20)39-33(43)25-15-27-30(17-29(25)42-19-22-7-6-8-28(22)42)41(5)31(40-27)16-24-26(36)14-11-21(32(24)37)18-38-34(44)35(2,3)4/h11,14-15,17,20,22-23,28H,6-10,12-13,16,18-19H2,1-5H3,(H,38,44)(H,39,43). The quantitative estimate of drug-likeness (QED) is 0.282. The molecule has 2 amide bonds. The molecule has 0 spiro atoms. The van der Waals surface area contributed by atoms with Gasteiger partial charge in [-0.3, -0.25) is 9.59 Å². The molecule has 2 heterocycles. The van der Waals surface area contributed by atoms with Gasteiger partial charge in [-0.1, -0.05) is 63.4 Å². The zero-order valence-electron chi connectivity index (χ0n) is 26.6. The fourth-order valence-corrected chi connectivity index (χ4v) is 7.80. The Labute approximate surface area is 271 Å². The fraction of sp³-hybridized carbons (Fsp3) is 0.571. The zero-order valence-corrected chi connectivity index (χ0v) is 28.1. The number of rotatable bonds is 7. The molecule has 2 N–H and O–H groups in total.